The molecule has 120 heavy (non-hydrogen) atoms. The van der Waals surface area contributed by atoms with Crippen LogP contribution in [0.25, 0.3) is 0 Å². The van der Waals surface area contributed by atoms with Crippen LogP contribution in [0.4, 0.5) is 102 Å². The minimum atomic E-state index is -0.383. The maximum Gasteiger partial charge on any atom is 0.260 e. The van der Waals surface area contributed by atoms with Crippen LogP contribution in [0.15, 0.2) is 309 Å². The van der Waals surface area contributed by atoms with Crippen LogP contribution in [-0.4, -0.2) is 20.1 Å². The minimum Gasteiger partial charge on any atom is -0.458 e. The van der Waals surface area contributed by atoms with Gasteiger partial charge < -0.3 is 43.6 Å². The van der Waals surface area contributed by atoms with Crippen molar-refractivity contribution in [3.63, 3.8) is 0 Å². The highest BCUT2D eigenvalue weighted by Crippen LogP contribution is 2.55. The molecule has 0 saturated heterocycles. The molecule has 6 aliphatic heterocycles. The molecule has 0 amide bonds. The quantitative estimate of drug-likeness (QED) is 0.111. The van der Waals surface area contributed by atoms with Gasteiger partial charge in [-0.2, -0.15) is 0 Å². The van der Waals surface area contributed by atoms with Crippen molar-refractivity contribution in [2.75, 3.05) is 29.4 Å². The van der Waals surface area contributed by atoms with E-state index in [-0.39, 0.29) is 20.1 Å². The van der Waals surface area contributed by atoms with Crippen LogP contribution >= 0.6 is 0 Å². The maximum atomic E-state index is 7.91. The van der Waals surface area contributed by atoms with Crippen LogP contribution in [-0.2, 0) is 0 Å². The van der Waals surface area contributed by atoms with Crippen LogP contribution in [0.2, 0.25) is 0 Å². The molecule has 0 fully saturated rings. The molecule has 0 unspecified atom stereocenters. The smallest absolute Gasteiger partial charge is 0.260 e. The van der Waals surface area contributed by atoms with Crippen molar-refractivity contribution in [3.05, 3.63) is 376 Å². The molecule has 22 rings (SSSR count). The summed E-state index contributed by atoms with van der Waals surface area (Å²) in [7, 11) is 0. The van der Waals surface area contributed by atoms with Gasteiger partial charge >= 0.3 is 0 Å². The van der Waals surface area contributed by atoms with Gasteiger partial charge in [0.2, 0.25) is 0 Å². The monoisotopic (exact) mass is 1550 g/mol. The predicted molar refractivity (Wildman–Crippen MR) is 505 cm³/mol. The highest BCUT2D eigenvalue weighted by molar-refractivity contribution is 7.04. The van der Waals surface area contributed by atoms with E-state index < -0.39 is 0 Å². The second-order valence-electron chi connectivity index (χ2n) is 33.7. The Morgan fingerprint density at radius 1 is 0.192 bits per heavy atom. The average molecular weight is 1550 g/mol. The number of para-hydroxylation sites is 11. The number of hydrogen-bond acceptors (Lipinski definition) is 9. The number of anilines is 18. The molecule has 0 aromatic heterocycles. The molecule has 0 bridgehead atoms. The van der Waals surface area contributed by atoms with Gasteiger partial charge in [0, 0.05) is 80.9 Å². The van der Waals surface area contributed by atoms with Crippen molar-refractivity contribution in [1.82, 2.24) is 0 Å². The van der Waals surface area contributed by atoms with E-state index in [1.165, 1.54) is 83.1 Å². The molecule has 16 aromatic rings. The predicted octanol–water partition coefficient (Wildman–Crippen LogP) is 23.0. The van der Waals surface area contributed by atoms with Crippen molar-refractivity contribution in [2.24, 2.45) is 0 Å². The van der Waals surface area contributed by atoms with Gasteiger partial charge in [0.25, 0.3) is 20.1 Å². The second-order valence-corrected chi connectivity index (χ2v) is 33.7. The zero-order valence-electron chi connectivity index (χ0n) is 69.6. The fourth-order valence-electron chi connectivity index (χ4n) is 21.1. The Morgan fingerprint density at radius 2 is 0.450 bits per heavy atom. The zero-order chi connectivity index (χ0) is 81.4. The molecule has 16 aromatic carbocycles. The van der Waals surface area contributed by atoms with Crippen LogP contribution in [0, 0.1) is 83.1 Å². The molecule has 0 spiro atoms. The normalized spacial score (nSPS) is 13.1. The Labute approximate surface area is 704 Å². The first-order valence-electron chi connectivity index (χ1n) is 42.0. The van der Waals surface area contributed by atoms with Crippen molar-refractivity contribution in [1.29, 1.82) is 0 Å². The van der Waals surface area contributed by atoms with Crippen LogP contribution < -0.4 is 92.8 Å². The topological polar surface area (TPSA) is 47.1 Å². The third-order valence-corrected chi connectivity index (χ3v) is 26.1. The molecule has 0 saturated carbocycles. The van der Waals surface area contributed by atoms with Gasteiger partial charge in [-0.25, -0.2) is 0 Å². The summed E-state index contributed by atoms with van der Waals surface area (Å²) in [5, 5.41) is 0. The lowest BCUT2D eigenvalue weighted by Gasteiger charge is -2.47. The Bertz CT molecular complexity index is 6730. The van der Waals surface area contributed by atoms with E-state index in [0.29, 0.717) is 0 Å². The summed E-state index contributed by atoms with van der Waals surface area (Å²) < 4.78 is 22.8. The summed E-state index contributed by atoms with van der Waals surface area (Å²) in [6, 6.07) is 115. The van der Waals surface area contributed by atoms with Crippen molar-refractivity contribution >= 4 is 172 Å². The fourth-order valence-corrected chi connectivity index (χ4v) is 21.1. The van der Waals surface area contributed by atoms with Gasteiger partial charge in [0.05, 0.1) is 51.2 Å². The molecule has 0 radical (unpaired) electrons. The van der Waals surface area contributed by atoms with E-state index in [9.17, 15) is 0 Å². The Morgan fingerprint density at radius 3 is 0.800 bits per heavy atom. The SMILES string of the molecule is Cc1cccc(C)c1N(c1cc2c3c(c1)Oc1cc4c(cc1B3c1ccccc1O2)B1c2cc3c(cc2N(c2ccccc2)c2cc(N(c5c(C)cccc5C)c5c(C)cccc5C)cc(c21)N4c1ccccc1)N(c1ccccc1)c1cc(N(c2c(C)cccc2C)c2c(C)cccc2C)cc2c1B3c1ccccc1O2)c1c(C)cccc1C. The summed E-state index contributed by atoms with van der Waals surface area (Å²) in [5.41, 5.74) is 43.4. The van der Waals surface area contributed by atoms with Crippen molar-refractivity contribution in [3.8, 4) is 34.5 Å². The molecule has 0 N–H and O–H groups in total. The highest BCUT2D eigenvalue weighted by Gasteiger charge is 2.51. The molecule has 576 valence electrons. The average Bonchev–Trinajstić information content (AvgIpc) is 0.678. The maximum absolute atomic E-state index is 7.91. The number of hydrogen-bond donors (Lipinski definition) is 0. The third-order valence-electron chi connectivity index (χ3n) is 26.1. The van der Waals surface area contributed by atoms with Gasteiger partial charge in [-0.15, -0.1) is 0 Å². The summed E-state index contributed by atoms with van der Waals surface area (Å²) in [6.45, 7) is 26.0. The molecular weight excluding hydrogens is 1460 g/mol. The van der Waals surface area contributed by atoms with E-state index in [1.807, 2.05) is 0 Å². The van der Waals surface area contributed by atoms with E-state index in [1.54, 1.807) is 0 Å². The Hall–Kier alpha value is -14.1. The van der Waals surface area contributed by atoms with Crippen molar-refractivity contribution < 1.29 is 14.2 Å². The summed E-state index contributed by atoms with van der Waals surface area (Å²) in [4.78, 5) is 15.2. The third kappa shape index (κ3) is 11.0. The van der Waals surface area contributed by atoms with E-state index in [2.05, 4.69) is 422 Å². The lowest BCUT2D eigenvalue weighted by Crippen LogP contribution is -2.65. The summed E-state index contributed by atoms with van der Waals surface area (Å²) in [5.74, 6) is 4.78. The van der Waals surface area contributed by atoms with Gasteiger partial charge in [0.1, 0.15) is 34.5 Å². The van der Waals surface area contributed by atoms with E-state index >= 15 is 0 Å². The van der Waals surface area contributed by atoms with Gasteiger partial charge in [-0.1, -0.05) is 212 Å². The van der Waals surface area contributed by atoms with Crippen LogP contribution in [0.5, 0.6) is 34.5 Å². The molecule has 0 aliphatic carbocycles. The fraction of sp³-hybridized carbons (Fsp3) is 0.111. The minimum absolute atomic E-state index is 0.278. The lowest BCUT2D eigenvalue weighted by atomic mass is 9.29. The number of rotatable bonds is 12. The van der Waals surface area contributed by atoms with Gasteiger partial charge in [-0.05, 0) is 266 Å². The standard InChI is InChI=1S/C108H87B3N6O3/c1-64-32-26-33-65(2)103(64)115(104-66(3)34-27-35-67(104)4)79-54-91-100-92(55-79)114(78-48-20-15-21-49-78)90-63-96-87(110-83-51-23-25-53-95(83)119-98-58-81(59-99(120-96)102(98)110)117(107-72(9)40-30-41-73(107)10)108-74(11)42-31-43-75(108)12)61-86(90)111(100)85-60-84-88(62-89(85)112(91)76-44-16-13-17-45-76)113(77-46-18-14-19-47-77)93-56-80(57-97-101(93)109(84)82-50-22-24-52-94(82)118-97)116(105-68(5)36-28-37-69(105)6)106-70(7)38-29-39-71(106)8/h13-63H,1-12H3. The lowest BCUT2D eigenvalue weighted by molar-refractivity contribution is 0.465. The number of nitrogens with zero attached hydrogens (tertiary/aromatic N) is 6. The molecule has 6 heterocycles. The van der Waals surface area contributed by atoms with Gasteiger partial charge in [0.15, 0.2) is 0 Å². The Kier molecular flexibility index (Phi) is 16.8. The van der Waals surface area contributed by atoms with E-state index in [4.69, 9.17) is 14.2 Å². The number of ether oxygens (including phenoxy) is 3. The first kappa shape index (κ1) is 72.4. The highest BCUT2D eigenvalue weighted by atomic mass is 16.5. The first-order chi connectivity index (χ1) is 58.5. The Balaban J connectivity index is 0.857. The molecule has 0 atom stereocenters. The summed E-state index contributed by atoms with van der Waals surface area (Å²) >= 11 is 0. The number of benzene rings is 16. The molecular formula is C108H87B3N6O3. The van der Waals surface area contributed by atoms with Crippen molar-refractivity contribution in [2.45, 2.75) is 83.1 Å². The molecule has 12 heteroatoms. The van der Waals surface area contributed by atoms with E-state index in [0.717, 1.165) is 170 Å². The van der Waals surface area contributed by atoms with Gasteiger partial charge in [-0.3, -0.25) is 0 Å². The van der Waals surface area contributed by atoms with Crippen LogP contribution in [0.1, 0.15) is 66.8 Å². The van der Waals surface area contributed by atoms with Crippen LogP contribution in [0.3, 0.4) is 0 Å². The second kappa shape index (κ2) is 27.8. The first-order valence-corrected chi connectivity index (χ1v) is 42.0. The largest absolute Gasteiger partial charge is 0.458 e. The molecule has 9 nitrogen and oxygen atoms in total. The number of aryl methyl sites for hydroxylation is 12. The zero-order valence-corrected chi connectivity index (χ0v) is 69.6. The molecule has 6 aliphatic rings. The number of fused-ring (bicyclic) bond motifs is 12. The summed E-state index contributed by atoms with van der Waals surface area (Å²) in [6.07, 6.45) is 0.